The van der Waals surface area contributed by atoms with Crippen LogP contribution in [-0.4, -0.2) is 44.4 Å². The molecule has 1 aliphatic heterocycles. The summed E-state index contributed by atoms with van der Waals surface area (Å²) in [7, 11) is -1.50. The lowest BCUT2D eigenvalue weighted by Gasteiger charge is -2.30. The molecule has 0 aromatic heterocycles. The Hall–Kier alpha value is 0.0700. The Morgan fingerprint density at radius 3 is 1.53 bits per heavy atom. The molecule has 0 aliphatic carbocycles. The minimum Gasteiger partial charge on any atom is -0.756 e. The van der Waals surface area contributed by atoms with Gasteiger partial charge in [-0.1, -0.05) is 0 Å². The molecule has 1 fully saturated rings. The maximum atomic E-state index is 10.0. The van der Waals surface area contributed by atoms with Gasteiger partial charge in [0.2, 0.25) is 0 Å². The van der Waals surface area contributed by atoms with E-state index in [1.54, 1.807) is 0 Å². The number of phosphoric ester groups is 1. The highest BCUT2D eigenvalue weighted by atomic mass is 31.2. The normalized spacial score (nSPS) is 19.5. The van der Waals surface area contributed by atoms with Crippen LogP contribution in [0.25, 0.3) is 0 Å². The van der Waals surface area contributed by atoms with Gasteiger partial charge >= 0.3 is 0 Å². The van der Waals surface area contributed by atoms with Gasteiger partial charge in [-0.25, -0.2) is 0 Å². The molecular weight excluding hydrogens is 217 g/mol. The highest BCUT2D eigenvalue weighted by molar-refractivity contribution is 7.46. The van der Waals surface area contributed by atoms with Crippen LogP contribution < -0.4 is 4.89 Å². The molecule has 1 heterocycles. The smallest absolute Gasteiger partial charge is 0.268 e. The standard InChI is InChI=1S/C7H18N.C2H5O4P/c1-5-8(4,6-2)7-3;3-7(4)5-1-2-6-7/h5-7H2,1-4H3;1-2H2,(H,3,4)/q+1;/p-1. The van der Waals surface area contributed by atoms with Crippen molar-refractivity contribution < 1.29 is 23.0 Å². The number of phosphoric acid groups is 1. The Bertz CT molecular complexity index is 200. The molecule has 0 amide bonds. The summed E-state index contributed by atoms with van der Waals surface area (Å²) in [5, 5.41) is 0. The average molecular weight is 239 g/mol. The molecule has 15 heavy (non-hydrogen) atoms. The van der Waals surface area contributed by atoms with E-state index in [0.29, 0.717) is 0 Å². The van der Waals surface area contributed by atoms with Crippen LogP contribution in [0.1, 0.15) is 20.8 Å². The van der Waals surface area contributed by atoms with E-state index in [1.165, 1.54) is 24.1 Å². The fourth-order valence-corrected chi connectivity index (χ4v) is 1.68. The van der Waals surface area contributed by atoms with Crippen molar-refractivity contribution in [2.45, 2.75) is 20.8 Å². The zero-order valence-electron chi connectivity index (χ0n) is 10.1. The zero-order valence-corrected chi connectivity index (χ0v) is 11.0. The zero-order chi connectivity index (χ0) is 11.9. The number of rotatable bonds is 3. The van der Waals surface area contributed by atoms with E-state index in [2.05, 4.69) is 36.9 Å². The molecule has 0 spiro atoms. The van der Waals surface area contributed by atoms with Crippen LogP contribution in [-0.2, 0) is 13.6 Å². The number of hydrogen-bond donors (Lipinski definition) is 0. The maximum absolute atomic E-state index is 10.0. The summed E-state index contributed by atoms with van der Waals surface area (Å²) in [6.07, 6.45) is 0. The van der Waals surface area contributed by atoms with Crippen molar-refractivity contribution in [3.8, 4) is 0 Å². The summed E-state index contributed by atoms with van der Waals surface area (Å²) in [5.41, 5.74) is 0. The Kier molecular flexibility index (Phi) is 6.64. The lowest BCUT2D eigenvalue weighted by atomic mass is 10.4. The molecule has 1 saturated heterocycles. The Morgan fingerprint density at radius 2 is 1.47 bits per heavy atom. The van der Waals surface area contributed by atoms with Crippen LogP contribution >= 0.6 is 7.82 Å². The minimum absolute atomic E-state index is 0.167. The molecule has 92 valence electrons. The van der Waals surface area contributed by atoms with Crippen molar-refractivity contribution in [3.05, 3.63) is 0 Å². The second kappa shape index (κ2) is 6.61. The van der Waals surface area contributed by atoms with Crippen LogP contribution in [0.15, 0.2) is 0 Å². The van der Waals surface area contributed by atoms with Crippen LogP contribution in [0.4, 0.5) is 0 Å². The Labute approximate surface area is 92.2 Å². The summed E-state index contributed by atoms with van der Waals surface area (Å²) in [4.78, 5) is 10.0. The van der Waals surface area contributed by atoms with Crippen molar-refractivity contribution in [1.82, 2.24) is 0 Å². The number of hydrogen-bond acceptors (Lipinski definition) is 4. The average Bonchev–Trinajstić information content (AvgIpc) is 2.63. The minimum atomic E-state index is -3.79. The van der Waals surface area contributed by atoms with Crippen molar-refractivity contribution in [3.63, 3.8) is 0 Å². The monoisotopic (exact) mass is 239 g/mol. The van der Waals surface area contributed by atoms with E-state index in [-0.39, 0.29) is 13.2 Å². The third-order valence-electron chi connectivity index (χ3n) is 2.87. The summed E-state index contributed by atoms with van der Waals surface area (Å²) in [5.74, 6) is 0. The molecule has 0 unspecified atom stereocenters. The first-order valence-corrected chi connectivity index (χ1v) is 6.79. The molecule has 0 N–H and O–H groups in total. The summed E-state index contributed by atoms with van der Waals surface area (Å²) >= 11 is 0. The molecule has 1 aliphatic rings. The van der Waals surface area contributed by atoms with Crippen molar-refractivity contribution in [2.24, 2.45) is 0 Å². The Morgan fingerprint density at radius 1 is 1.13 bits per heavy atom. The third-order valence-corrected chi connectivity index (χ3v) is 3.87. The number of quaternary nitrogens is 1. The second-order valence-electron chi connectivity index (χ2n) is 3.68. The molecule has 6 heteroatoms. The topological polar surface area (TPSA) is 58.6 Å². The van der Waals surface area contributed by atoms with Gasteiger partial charge in [0.1, 0.15) is 0 Å². The van der Waals surface area contributed by atoms with Crippen LogP contribution in [0.2, 0.25) is 0 Å². The summed E-state index contributed by atoms with van der Waals surface area (Å²) in [6.45, 7) is 10.8. The van der Waals surface area contributed by atoms with Crippen molar-refractivity contribution in [1.29, 1.82) is 0 Å². The van der Waals surface area contributed by atoms with Gasteiger partial charge in [0.05, 0.1) is 39.9 Å². The van der Waals surface area contributed by atoms with E-state index in [9.17, 15) is 9.46 Å². The Balaban J connectivity index is 0.000000262. The fraction of sp³-hybridized carbons (Fsp3) is 1.00. The van der Waals surface area contributed by atoms with Gasteiger partial charge in [-0.05, 0) is 20.8 Å². The van der Waals surface area contributed by atoms with Crippen LogP contribution in [0, 0.1) is 0 Å². The van der Waals surface area contributed by atoms with Gasteiger partial charge in [-0.2, -0.15) is 0 Å². The molecule has 5 nitrogen and oxygen atoms in total. The molecule has 0 saturated carbocycles. The van der Waals surface area contributed by atoms with Gasteiger partial charge in [0, 0.05) is 0 Å². The fourth-order valence-electron chi connectivity index (χ4n) is 1.01. The van der Waals surface area contributed by atoms with Gasteiger partial charge in [0.25, 0.3) is 7.82 Å². The quantitative estimate of drug-likeness (QED) is 0.544. The van der Waals surface area contributed by atoms with Gasteiger partial charge < -0.3 is 18.4 Å². The molecular formula is C9H22NO4P. The first-order chi connectivity index (χ1) is 6.89. The highest BCUT2D eigenvalue weighted by Crippen LogP contribution is 2.41. The van der Waals surface area contributed by atoms with Gasteiger partial charge in [0.15, 0.2) is 0 Å². The SMILES string of the molecule is CC[N+](C)(CC)CC.O=P1([O-])OCCO1. The maximum Gasteiger partial charge on any atom is 0.268 e. The van der Waals surface area contributed by atoms with Gasteiger partial charge in [-0.15, -0.1) is 0 Å². The summed E-state index contributed by atoms with van der Waals surface area (Å²) in [6, 6.07) is 0. The third kappa shape index (κ3) is 6.28. The molecule has 0 aromatic carbocycles. The largest absolute Gasteiger partial charge is 0.756 e. The molecule has 1 rings (SSSR count). The highest BCUT2D eigenvalue weighted by Gasteiger charge is 2.14. The molecule has 0 aromatic rings. The van der Waals surface area contributed by atoms with E-state index in [4.69, 9.17) is 0 Å². The van der Waals surface area contributed by atoms with Crippen molar-refractivity contribution in [2.75, 3.05) is 39.9 Å². The van der Waals surface area contributed by atoms with E-state index < -0.39 is 7.82 Å². The first kappa shape index (κ1) is 15.1. The molecule has 0 atom stereocenters. The van der Waals surface area contributed by atoms with Crippen LogP contribution in [0.5, 0.6) is 0 Å². The predicted octanol–water partition coefficient (Wildman–Crippen LogP) is 0.994. The van der Waals surface area contributed by atoms with Crippen LogP contribution in [0.3, 0.4) is 0 Å². The number of nitrogens with zero attached hydrogens (tertiary/aromatic N) is 1. The molecule has 0 radical (unpaired) electrons. The van der Waals surface area contributed by atoms with Gasteiger partial charge in [-0.3, -0.25) is 4.57 Å². The van der Waals surface area contributed by atoms with E-state index in [1.807, 2.05) is 0 Å². The summed E-state index contributed by atoms with van der Waals surface area (Å²) < 4.78 is 19.5. The predicted molar refractivity (Wildman–Crippen MR) is 57.3 cm³/mol. The second-order valence-corrected chi connectivity index (χ2v) is 5.09. The molecule has 0 bridgehead atoms. The van der Waals surface area contributed by atoms with E-state index >= 15 is 0 Å². The lowest BCUT2D eigenvalue weighted by Crippen LogP contribution is -2.42. The van der Waals surface area contributed by atoms with Crippen molar-refractivity contribution >= 4 is 7.82 Å². The lowest BCUT2D eigenvalue weighted by molar-refractivity contribution is -0.904. The first-order valence-electron chi connectivity index (χ1n) is 5.32. The van der Waals surface area contributed by atoms with E-state index in [0.717, 1.165) is 0 Å².